The Balaban J connectivity index is 2.71. The lowest BCUT2D eigenvalue weighted by Crippen LogP contribution is -2.34. The standard InChI is InChI=1S/C12H24N6O/c1-12(2,8-18(4)5)7-14-10-15-9(13-3)16-11(17-10)19-6/h7-8H2,1-6H3,(H2,13,14,15,16,17). The summed E-state index contributed by atoms with van der Waals surface area (Å²) in [5.41, 5.74) is 0.114. The predicted octanol–water partition coefficient (Wildman–Crippen LogP) is 0.922. The fraction of sp³-hybridized carbons (Fsp3) is 0.750. The van der Waals surface area contributed by atoms with Crippen molar-refractivity contribution in [2.45, 2.75) is 13.8 Å². The van der Waals surface area contributed by atoms with Crippen LogP contribution in [0.1, 0.15) is 13.8 Å². The normalized spacial score (nSPS) is 11.5. The number of hydrogen-bond donors (Lipinski definition) is 2. The SMILES string of the molecule is CNc1nc(NCC(C)(C)CN(C)C)nc(OC)n1. The van der Waals surface area contributed by atoms with E-state index in [1.807, 2.05) is 0 Å². The highest BCUT2D eigenvalue weighted by atomic mass is 16.5. The van der Waals surface area contributed by atoms with Gasteiger partial charge in [-0.2, -0.15) is 15.0 Å². The molecule has 0 aliphatic rings. The molecule has 1 rings (SSSR count). The van der Waals surface area contributed by atoms with Crippen LogP contribution in [0.15, 0.2) is 0 Å². The van der Waals surface area contributed by atoms with Crippen molar-refractivity contribution in [3.8, 4) is 6.01 Å². The minimum atomic E-state index is 0.114. The fourth-order valence-corrected chi connectivity index (χ4v) is 1.87. The third-order valence-electron chi connectivity index (χ3n) is 2.49. The zero-order valence-corrected chi connectivity index (χ0v) is 12.6. The molecule has 108 valence electrons. The molecule has 0 fully saturated rings. The van der Waals surface area contributed by atoms with Crippen LogP contribution in [0.25, 0.3) is 0 Å². The van der Waals surface area contributed by atoms with Crippen molar-refractivity contribution >= 4 is 11.9 Å². The van der Waals surface area contributed by atoms with E-state index in [-0.39, 0.29) is 5.41 Å². The third kappa shape index (κ3) is 5.25. The van der Waals surface area contributed by atoms with Crippen molar-refractivity contribution in [1.29, 1.82) is 0 Å². The van der Waals surface area contributed by atoms with E-state index >= 15 is 0 Å². The first-order valence-electron chi connectivity index (χ1n) is 6.23. The fourth-order valence-electron chi connectivity index (χ4n) is 1.87. The number of aromatic nitrogens is 3. The van der Waals surface area contributed by atoms with Gasteiger partial charge in [-0.25, -0.2) is 0 Å². The number of rotatable bonds is 7. The zero-order valence-electron chi connectivity index (χ0n) is 12.6. The van der Waals surface area contributed by atoms with E-state index in [1.165, 1.54) is 7.11 Å². The summed E-state index contributed by atoms with van der Waals surface area (Å²) in [4.78, 5) is 14.6. The topological polar surface area (TPSA) is 75.2 Å². The Morgan fingerprint density at radius 3 is 2.32 bits per heavy atom. The molecular weight excluding hydrogens is 244 g/mol. The molecular formula is C12H24N6O. The first-order chi connectivity index (χ1) is 8.86. The van der Waals surface area contributed by atoms with Gasteiger partial charge in [0.1, 0.15) is 0 Å². The van der Waals surface area contributed by atoms with Crippen LogP contribution in [0.3, 0.4) is 0 Å². The van der Waals surface area contributed by atoms with Crippen molar-refractivity contribution in [3.05, 3.63) is 0 Å². The summed E-state index contributed by atoms with van der Waals surface area (Å²) in [6.07, 6.45) is 0. The molecule has 7 heteroatoms. The van der Waals surface area contributed by atoms with Gasteiger partial charge in [0.25, 0.3) is 0 Å². The van der Waals surface area contributed by atoms with Crippen LogP contribution in [-0.2, 0) is 0 Å². The van der Waals surface area contributed by atoms with Crippen LogP contribution in [0.4, 0.5) is 11.9 Å². The second-order valence-corrected chi connectivity index (χ2v) is 5.47. The maximum Gasteiger partial charge on any atom is 0.322 e. The van der Waals surface area contributed by atoms with Gasteiger partial charge in [0, 0.05) is 20.1 Å². The molecule has 19 heavy (non-hydrogen) atoms. The van der Waals surface area contributed by atoms with Crippen LogP contribution in [0.2, 0.25) is 0 Å². The van der Waals surface area contributed by atoms with Crippen molar-refractivity contribution in [3.63, 3.8) is 0 Å². The maximum atomic E-state index is 5.04. The average Bonchev–Trinajstić information content (AvgIpc) is 2.34. The molecule has 0 spiro atoms. The third-order valence-corrected chi connectivity index (χ3v) is 2.49. The van der Waals surface area contributed by atoms with E-state index in [4.69, 9.17) is 4.74 Å². The Kier molecular flexibility index (Phi) is 5.29. The lowest BCUT2D eigenvalue weighted by atomic mass is 9.93. The Morgan fingerprint density at radius 2 is 1.79 bits per heavy atom. The van der Waals surface area contributed by atoms with Gasteiger partial charge in [0.05, 0.1) is 7.11 Å². The molecule has 0 radical (unpaired) electrons. The minimum Gasteiger partial charge on any atom is -0.467 e. The molecule has 0 aromatic carbocycles. The van der Waals surface area contributed by atoms with Gasteiger partial charge in [-0.05, 0) is 19.5 Å². The minimum absolute atomic E-state index is 0.114. The molecule has 0 atom stereocenters. The predicted molar refractivity (Wildman–Crippen MR) is 76.8 cm³/mol. The smallest absolute Gasteiger partial charge is 0.322 e. The second-order valence-electron chi connectivity index (χ2n) is 5.47. The van der Waals surface area contributed by atoms with Crippen LogP contribution in [0, 0.1) is 5.41 Å². The lowest BCUT2D eigenvalue weighted by Gasteiger charge is -2.28. The van der Waals surface area contributed by atoms with Crippen molar-refractivity contribution < 1.29 is 4.74 Å². The number of anilines is 2. The molecule has 0 aliphatic heterocycles. The van der Waals surface area contributed by atoms with Gasteiger partial charge in [0.15, 0.2) is 0 Å². The summed E-state index contributed by atoms with van der Waals surface area (Å²) in [6, 6.07) is 0.298. The molecule has 0 aliphatic carbocycles. The van der Waals surface area contributed by atoms with Crippen LogP contribution in [0.5, 0.6) is 6.01 Å². The molecule has 2 N–H and O–H groups in total. The zero-order chi connectivity index (χ0) is 14.5. The van der Waals surface area contributed by atoms with E-state index in [1.54, 1.807) is 7.05 Å². The maximum absolute atomic E-state index is 5.04. The Morgan fingerprint density at radius 1 is 1.16 bits per heavy atom. The molecule has 0 amide bonds. The van der Waals surface area contributed by atoms with Crippen LogP contribution < -0.4 is 15.4 Å². The summed E-state index contributed by atoms with van der Waals surface area (Å²) < 4.78 is 5.04. The van der Waals surface area contributed by atoms with Crippen molar-refractivity contribution in [2.75, 3.05) is 52.0 Å². The van der Waals surface area contributed by atoms with Gasteiger partial charge in [-0.3, -0.25) is 0 Å². The Bertz CT molecular complexity index is 385. The molecule has 0 bridgehead atoms. The number of hydrogen-bond acceptors (Lipinski definition) is 7. The highest BCUT2D eigenvalue weighted by Crippen LogP contribution is 2.17. The van der Waals surface area contributed by atoms with Gasteiger partial charge in [-0.1, -0.05) is 13.8 Å². The molecule has 0 unspecified atom stereocenters. The van der Waals surface area contributed by atoms with Gasteiger partial charge in [-0.15, -0.1) is 0 Å². The number of methoxy groups -OCH3 is 1. The highest BCUT2D eigenvalue weighted by Gasteiger charge is 2.19. The van der Waals surface area contributed by atoms with E-state index in [2.05, 4.69) is 58.4 Å². The van der Waals surface area contributed by atoms with Crippen LogP contribution >= 0.6 is 0 Å². The summed E-state index contributed by atoms with van der Waals surface area (Å²) in [5, 5.41) is 6.11. The van der Waals surface area contributed by atoms with E-state index in [0.29, 0.717) is 17.9 Å². The molecule has 0 saturated carbocycles. The average molecular weight is 268 g/mol. The first-order valence-corrected chi connectivity index (χ1v) is 6.23. The first kappa shape index (κ1) is 15.4. The highest BCUT2D eigenvalue weighted by molar-refractivity contribution is 5.35. The molecule has 0 saturated heterocycles. The van der Waals surface area contributed by atoms with Gasteiger partial charge in [0.2, 0.25) is 11.9 Å². The van der Waals surface area contributed by atoms with Gasteiger partial charge < -0.3 is 20.3 Å². The Hall–Kier alpha value is -1.63. The molecule has 1 heterocycles. The lowest BCUT2D eigenvalue weighted by molar-refractivity contribution is 0.253. The summed E-state index contributed by atoms with van der Waals surface area (Å²) >= 11 is 0. The summed E-state index contributed by atoms with van der Waals surface area (Å²) in [6.45, 7) is 6.12. The van der Waals surface area contributed by atoms with Gasteiger partial charge >= 0.3 is 6.01 Å². The van der Waals surface area contributed by atoms with Crippen molar-refractivity contribution in [2.24, 2.45) is 5.41 Å². The monoisotopic (exact) mass is 268 g/mol. The number of ether oxygens (including phenoxy) is 1. The Labute approximate surface area is 114 Å². The largest absolute Gasteiger partial charge is 0.467 e. The second kappa shape index (κ2) is 6.51. The number of nitrogens with zero attached hydrogens (tertiary/aromatic N) is 4. The molecule has 7 nitrogen and oxygen atoms in total. The van der Waals surface area contributed by atoms with Crippen molar-refractivity contribution in [1.82, 2.24) is 19.9 Å². The van der Waals surface area contributed by atoms with E-state index in [9.17, 15) is 0 Å². The summed E-state index contributed by atoms with van der Waals surface area (Å²) in [5.74, 6) is 1.00. The summed E-state index contributed by atoms with van der Waals surface area (Å²) in [7, 11) is 7.42. The number of nitrogens with one attached hydrogen (secondary N) is 2. The van der Waals surface area contributed by atoms with E-state index < -0.39 is 0 Å². The molecule has 1 aromatic heterocycles. The van der Waals surface area contributed by atoms with E-state index in [0.717, 1.165) is 13.1 Å². The molecule has 1 aromatic rings. The quantitative estimate of drug-likeness (QED) is 0.761. The van der Waals surface area contributed by atoms with Crippen LogP contribution in [-0.4, -0.2) is 61.2 Å².